The van der Waals surface area contributed by atoms with Gasteiger partial charge in [-0.3, -0.25) is 0 Å². The normalized spacial score (nSPS) is 10.3. The van der Waals surface area contributed by atoms with Crippen LogP contribution in [0.25, 0.3) is 0 Å². The number of aliphatic hydroxyl groups is 1. The fourth-order valence-electron chi connectivity index (χ4n) is 1.70. The van der Waals surface area contributed by atoms with E-state index in [-0.39, 0.29) is 6.61 Å². The monoisotopic (exact) mass is 208 g/mol. The molecule has 1 N–H and O–H groups in total. The minimum atomic E-state index is 0.0626. The van der Waals surface area contributed by atoms with Gasteiger partial charge in [-0.2, -0.15) is 0 Å². The SMILES string of the molecule is CCCN(CCC)c1ncccc1CO. The Morgan fingerprint density at radius 2 is 1.93 bits per heavy atom. The fourth-order valence-corrected chi connectivity index (χ4v) is 1.70. The van der Waals surface area contributed by atoms with Gasteiger partial charge in [0.25, 0.3) is 0 Å². The molecular formula is C12H20N2O. The molecular weight excluding hydrogens is 188 g/mol. The molecule has 0 aliphatic heterocycles. The minimum Gasteiger partial charge on any atom is -0.392 e. The lowest BCUT2D eigenvalue weighted by Crippen LogP contribution is -2.27. The largest absolute Gasteiger partial charge is 0.392 e. The van der Waals surface area contributed by atoms with Crippen LogP contribution in [-0.2, 0) is 6.61 Å². The number of rotatable bonds is 6. The first-order chi connectivity index (χ1) is 7.33. The zero-order valence-electron chi connectivity index (χ0n) is 9.61. The molecule has 0 unspecified atom stereocenters. The predicted molar refractivity (Wildman–Crippen MR) is 63.0 cm³/mol. The van der Waals surface area contributed by atoms with Crippen molar-refractivity contribution in [1.82, 2.24) is 4.98 Å². The summed E-state index contributed by atoms with van der Waals surface area (Å²) in [5.74, 6) is 0.934. The molecule has 0 aromatic carbocycles. The molecule has 0 bridgehead atoms. The molecule has 3 nitrogen and oxygen atoms in total. The van der Waals surface area contributed by atoms with E-state index in [1.165, 1.54) is 0 Å². The van der Waals surface area contributed by atoms with Crippen molar-refractivity contribution in [2.24, 2.45) is 0 Å². The Bertz CT molecular complexity index is 283. The summed E-state index contributed by atoms with van der Waals surface area (Å²) in [6.07, 6.45) is 3.98. The summed E-state index contributed by atoms with van der Waals surface area (Å²) in [4.78, 5) is 6.59. The van der Waals surface area contributed by atoms with E-state index in [9.17, 15) is 5.11 Å². The molecule has 0 spiro atoms. The molecule has 0 fully saturated rings. The number of pyridine rings is 1. The highest BCUT2D eigenvalue weighted by atomic mass is 16.3. The molecule has 1 aromatic rings. The van der Waals surface area contributed by atoms with Crippen LogP contribution in [0.15, 0.2) is 18.3 Å². The van der Waals surface area contributed by atoms with Crippen LogP contribution in [0.1, 0.15) is 32.3 Å². The summed E-state index contributed by atoms with van der Waals surface area (Å²) >= 11 is 0. The maximum absolute atomic E-state index is 9.24. The molecule has 3 heteroatoms. The standard InChI is InChI=1S/C12H20N2O/c1-3-8-14(9-4-2)12-11(10-15)6-5-7-13-12/h5-7,15H,3-4,8-10H2,1-2H3. The Morgan fingerprint density at radius 1 is 1.27 bits per heavy atom. The quantitative estimate of drug-likeness (QED) is 0.778. The van der Waals surface area contributed by atoms with Gasteiger partial charge < -0.3 is 10.0 Å². The lowest BCUT2D eigenvalue weighted by molar-refractivity contribution is 0.281. The summed E-state index contributed by atoms with van der Waals surface area (Å²) in [6, 6.07) is 3.80. The molecule has 1 aromatic heterocycles. The molecule has 0 aliphatic rings. The molecule has 0 saturated carbocycles. The highest BCUT2D eigenvalue weighted by molar-refractivity contribution is 5.46. The number of nitrogens with zero attached hydrogens (tertiary/aromatic N) is 2. The molecule has 15 heavy (non-hydrogen) atoms. The van der Waals surface area contributed by atoms with Gasteiger partial charge in [0.2, 0.25) is 0 Å². The summed E-state index contributed by atoms with van der Waals surface area (Å²) in [5.41, 5.74) is 0.916. The van der Waals surface area contributed by atoms with Crippen LogP contribution in [0.2, 0.25) is 0 Å². The van der Waals surface area contributed by atoms with E-state index >= 15 is 0 Å². The Hall–Kier alpha value is -1.09. The Morgan fingerprint density at radius 3 is 2.47 bits per heavy atom. The van der Waals surface area contributed by atoms with Crippen LogP contribution in [0.3, 0.4) is 0 Å². The van der Waals surface area contributed by atoms with Crippen molar-refractivity contribution in [3.63, 3.8) is 0 Å². The molecule has 1 rings (SSSR count). The second-order valence-electron chi connectivity index (χ2n) is 3.63. The number of hydrogen-bond donors (Lipinski definition) is 1. The molecule has 0 atom stereocenters. The first-order valence-electron chi connectivity index (χ1n) is 5.63. The van der Waals surface area contributed by atoms with Crippen molar-refractivity contribution in [2.45, 2.75) is 33.3 Å². The van der Waals surface area contributed by atoms with E-state index in [2.05, 4.69) is 23.7 Å². The van der Waals surface area contributed by atoms with Crippen molar-refractivity contribution >= 4 is 5.82 Å². The maximum atomic E-state index is 9.24. The van der Waals surface area contributed by atoms with Crippen molar-refractivity contribution in [1.29, 1.82) is 0 Å². The highest BCUT2D eigenvalue weighted by Gasteiger charge is 2.09. The van der Waals surface area contributed by atoms with Crippen LogP contribution < -0.4 is 4.90 Å². The lowest BCUT2D eigenvalue weighted by atomic mass is 10.2. The highest BCUT2D eigenvalue weighted by Crippen LogP contribution is 2.17. The van der Waals surface area contributed by atoms with Gasteiger partial charge in [-0.25, -0.2) is 4.98 Å². The molecule has 0 amide bonds. The fraction of sp³-hybridized carbons (Fsp3) is 0.583. The first-order valence-corrected chi connectivity index (χ1v) is 5.63. The average Bonchev–Trinajstić information content (AvgIpc) is 2.29. The maximum Gasteiger partial charge on any atom is 0.134 e. The second kappa shape index (κ2) is 6.40. The third kappa shape index (κ3) is 3.20. The smallest absolute Gasteiger partial charge is 0.134 e. The van der Waals surface area contributed by atoms with E-state index in [0.29, 0.717) is 0 Å². The van der Waals surface area contributed by atoms with E-state index < -0.39 is 0 Å². The molecule has 84 valence electrons. The average molecular weight is 208 g/mol. The van der Waals surface area contributed by atoms with E-state index in [1.54, 1.807) is 6.20 Å². The lowest BCUT2D eigenvalue weighted by Gasteiger charge is -2.24. The van der Waals surface area contributed by atoms with Gasteiger partial charge >= 0.3 is 0 Å². The number of hydrogen-bond acceptors (Lipinski definition) is 3. The van der Waals surface area contributed by atoms with Gasteiger partial charge in [-0.1, -0.05) is 19.9 Å². The van der Waals surface area contributed by atoms with Gasteiger partial charge in [0.15, 0.2) is 0 Å². The van der Waals surface area contributed by atoms with Gasteiger partial charge in [0, 0.05) is 24.8 Å². The van der Waals surface area contributed by atoms with Crippen molar-refractivity contribution in [3.05, 3.63) is 23.9 Å². The van der Waals surface area contributed by atoms with Crippen LogP contribution in [0, 0.1) is 0 Å². The Labute approximate surface area is 91.8 Å². The second-order valence-corrected chi connectivity index (χ2v) is 3.63. The zero-order chi connectivity index (χ0) is 11.1. The van der Waals surface area contributed by atoms with E-state index in [4.69, 9.17) is 0 Å². The van der Waals surface area contributed by atoms with Gasteiger partial charge in [0.05, 0.1) is 6.61 Å². The zero-order valence-corrected chi connectivity index (χ0v) is 9.61. The van der Waals surface area contributed by atoms with Crippen molar-refractivity contribution in [2.75, 3.05) is 18.0 Å². The van der Waals surface area contributed by atoms with Gasteiger partial charge in [-0.05, 0) is 18.9 Å². The molecule has 1 heterocycles. The third-order valence-electron chi connectivity index (χ3n) is 2.32. The van der Waals surface area contributed by atoms with Crippen molar-refractivity contribution in [3.8, 4) is 0 Å². The number of aromatic nitrogens is 1. The van der Waals surface area contributed by atoms with Gasteiger partial charge in [0.1, 0.15) is 5.82 Å². The summed E-state index contributed by atoms with van der Waals surface area (Å²) in [5, 5.41) is 9.24. The first kappa shape index (κ1) is 12.0. The minimum absolute atomic E-state index is 0.0626. The third-order valence-corrected chi connectivity index (χ3v) is 2.32. The summed E-state index contributed by atoms with van der Waals surface area (Å²) in [7, 11) is 0. The predicted octanol–water partition coefficient (Wildman–Crippen LogP) is 2.20. The number of anilines is 1. The van der Waals surface area contributed by atoms with Crippen LogP contribution in [0.4, 0.5) is 5.82 Å². The number of aliphatic hydroxyl groups excluding tert-OH is 1. The molecule has 0 radical (unpaired) electrons. The summed E-state index contributed by atoms with van der Waals surface area (Å²) in [6.45, 7) is 6.37. The van der Waals surface area contributed by atoms with E-state index in [1.807, 2.05) is 12.1 Å². The summed E-state index contributed by atoms with van der Waals surface area (Å²) < 4.78 is 0. The molecule has 0 saturated heterocycles. The Balaban J connectivity index is 2.88. The van der Waals surface area contributed by atoms with Crippen LogP contribution in [0.5, 0.6) is 0 Å². The van der Waals surface area contributed by atoms with E-state index in [0.717, 1.165) is 37.3 Å². The van der Waals surface area contributed by atoms with Crippen LogP contribution in [-0.4, -0.2) is 23.2 Å². The van der Waals surface area contributed by atoms with Crippen LogP contribution >= 0.6 is 0 Å². The topological polar surface area (TPSA) is 36.4 Å². The van der Waals surface area contributed by atoms with Gasteiger partial charge in [-0.15, -0.1) is 0 Å². The van der Waals surface area contributed by atoms with Crippen molar-refractivity contribution < 1.29 is 5.11 Å². The Kier molecular flexibility index (Phi) is 5.12. The molecule has 0 aliphatic carbocycles.